The predicted molar refractivity (Wildman–Crippen MR) is 101 cm³/mol. The van der Waals surface area contributed by atoms with Gasteiger partial charge in [-0.05, 0) is 17.7 Å². The van der Waals surface area contributed by atoms with Crippen LogP contribution in [0.15, 0.2) is 79.0 Å². The van der Waals surface area contributed by atoms with Gasteiger partial charge >= 0.3 is 0 Å². The van der Waals surface area contributed by atoms with Crippen LogP contribution in [0.4, 0.5) is 0 Å². The van der Waals surface area contributed by atoms with Crippen molar-refractivity contribution in [1.82, 2.24) is 4.98 Å². The molecule has 0 radical (unpaired) electrons. The van der Waals surface area contributed by atoms with Crippen molar-refractivity contribution in [3.63, 3.8) is 0 Å². The number of allylic oxidation sites excluding steroid dienone is 1. The molecule has 0 amide bonds. The summed E-state index contributed by atoms with van der Waals surface area (Å²) in [4.78, 5) is 16.5. The highest BCUT2D eigenvalue weighted by molar-refractivity contribution is 6.06. The maximum Gasteiger partial charge on any atom is 0.185 e. The van der Waals surface area contributed by atoms with Crippen molar-refractivity contribution < 1.29 is 14.3 Å². The van der Waals surface area contributed by atoms with Crippen molar-refractivity contribution in [2.75, 3.05) is 7.11 Å². The lowest BCUT2D eigenvalue weighted by atomic mass is 10.1. The van der Waals surface area contributed by atoms with Crippen LogP contribution in [0.3, 0.4) is 0 Å². The van der Waals surface area contributed by atoms with E-state index in [-0.39, 0.29) is 5.78 Å². The summed E-state index contributed by atoms with van der Waals surface area (Å²) in [6.07, 6.45) is 4.77. The molecule has 3 aromatic rings. The van der Waals surface area contributed by atoms with Crippen LogP contribution < -0.4 is 9.47 Å². The zero-order chi connectivity index (χ0) is 18.2. The third-order valence-corrected chi connectivity index (χ3v) is 3.77. The molecule has 0 atom stereocenters. The molecule has 1 aromatic heterocycles. The summed E-state index contributed by atoms with van der Waals surface area (Å²) in [6, 6.07) is 20.7. The Morgan fingerprint density at radius 3 is 2.38 bits per heavy atom. The average molecular weight is 345 g/mol. The van der Waals surface area contributed by atoms with E-state index in [4.69, 9.17) is 9.47 Å². The van der Waals surface area contributed by atoms with Gasteiger partial charge < -0.3 is 9.47 Å². The summed E-state index contributed by atoms with van der Waals surface area (Å²) in [5, 5.41) is 0. The molecule has 130 valence electrons. The van der Waals surface area contributed by atoms with E-state index in [1.54, 1.807) is 37.6 Å². The molecule has 0 aliphatic rings. The molecule has 1 heterocycles. The zero-order valence-electron chi connectivity index (χ0n) is 14.5. The first kappa shape index (κ1) is 17.4. The molecule has 4 heteroatoms. The van der Waals surface area contributed by atoms with Crippen LogP contribution in [-0.2, 0) is 6.61 Å². The maximum absolute atomic E-state index is 12.2. The molecular weight excluding hydrogens is 326 g/mol. The Kier molecular flexibility index (Phi) is 5.78. The first-order valence-corrected chi connectivity index (χ1v) is 8.24. The second-order valence-corrected chi connectivity index (χ2v) is 5.60. The Hall–Kier alpha value is -3.40. The topological polar surface area (TPSA) is 48.4 Å². The number of benzene rings is 2. The number of hydrogen-bond acceptors (Lipinski definition) is 4. The van der Waals surface area contributed by atoms with Gasteiger partial charge in [-0.2, -0.15) is 0 Å². The van der Waals surface area contributed by atoms with Crippen LogP contribution in [0.1, 0.15) is 21.6 Å². The predicted octanol–water partition coefficient (Wildman–Crippen LogP) is 4.57. The molecule has 0 spiro atoms. The average Bonchev–Trinajstić information content (AvgIpc) is 2.72. The summed E-state index contributed by atoms with van der Waals surface area (Å²) in [7, 11) is 1.57. The Morgan fingerprint density at radius 1 is 1.00 bits per heavy atom. The van der Waals surface area contributed by atoms with E-state index in [9.17, 15) is 4.79 Å². The van der Waals surface area contributed by atoms with Crippen LogP contribution in [0, 0.1) is 0 Å². The molecule has 0 N–H and O–H groups in total. The van der Waals surface area contributed by atoms with Crippen LogP contribution in [0.5, 0.6) is 11.5 Å². The molecular formula is C22H19NO3. The molecule has 4 nitrogen and oxygen atoms in total. The fourth-order valence-corrected chi connectivity index (χ4v) is 2.39. The second-order valence-electron chi connectivity index (χ2n) is 5.60. The SMILES string of the molecule is COc1cnc(C=CC(=O)c2ccccc2)cc1OCc1ccccc1. The van der Waals surface area contributed by atoms with E-state index < -0.39 is 0 Å². The number of pyridine rings is 1. The third kappa shape index (κ3) is 4.57. The van der Waals surface area contributed by atoms with Gasteiger partial charge in [-0.3, -0.25) is 9.78 Å². The molecule has 0 aliphatic heterocycles. The van der Waals surface area contributed by atoms with Crippen molar-refractivity contribution in [2.45, 2.75) is 6.61 Å². The maximum atomic E-state index is 12.2. The second kappa shape index (κ2) is 8.62. The zero-order valence-corrected chi connectivity index (χ0v) is 14.5. The van der Waals surface area contributed by atoms with Gasteiger partial charge in [0.25, 0.3) is 0 Å². The van der Waals surface area contributed by atoms with E-state index >= 15 is 0 Å². The monoisotopic (exact) mass is 345 g/mol. The molecule has 0 saturated carbocycles. The molecule has 0 fully saturated rings. The fraction of sp³-hybridized carbons (Fsp3) is 0.0909. The molecule has 26 heavy (non-hydrogen) atoms. The minimum absolute atomic E-state index is 0.0741. The first-order valence-electron chi connectivity index (χ1n) is 8.24. The molecule has 3 rings (SSSR count). The van der Waals surface area contributed by atoms with Gasteiger partial charge in [-0.25, -0.2) is 0 Å². The molecule has 0 aliphatic carbocycles. The van der Waals surface area contributed by atoms with Gasteiger partial charge in [-0.15, -0.1) is 0 Å². The van der Waals surface area contributed by atoms with Crippen LogP contribution in [0.25, 0.3) is 6.08 Å². The number of carbonyl (C=O) groups is 1. The van der Waals surface area contributed by atoms with E-state index in [1.807, 2.05) is 48.5 Å². The number of rotatable bonds is 7. The van der Waals surface area contributed by atoms with Crippen molar-refractivity contribution in [3.05, 3.63) is 95.8 Å². The minimum atomic E-state index is -0.0741. The number of carbonyl (C=O) groups excluding carboxylic acids is 1. The fourth-order valence-electron chi connectivity index (χ4n) is 2.39. The quantitative estimate of drug-likeness (QED) is 0.465. The number of methoxy groups -OCH3 is 1. The van der Waals surface area contributed by atoms with Gasteiger partial charge in [0.05, 0.1) is 19.0 Å². The van der Waals surface area contributed by atoms with Gasteiger partial charge in [0.15, 0.2) is 17.3 Å². The van der Waals surface area contributed by atoms with Crippen LogP contribution >= 0.6 is 0 Å². The normalized spacial score (nSPS) is 10.7. The number of nitrogens with zero attached hydrogens (tertiary/aromatic N) is 1. The Balaban J connectivity index is 1.74. The summed E-state index contributed by atoms with van der Waals surface area (Å²) in [5.41, 5.74) is 2.32. The van der Waals surface area contributed by atoms with Gasteiger partial charge in [0, 0.05) is 11.6 Å². The molecule has 0 unspecified atom stereocenters. The van der Waals surface area contributed by atoms with Crippen molar-refractivity contribution in [1.29, 1.82) is 0 Å². The highest BCUT2D eigenvalue weighted by atomic mass is 16.5. The standard InChI is InChI=1S/C22H19NO3/c1-25-22-15-23-19(12-13-20(24)18-10-6-3-7-11-18)14-21(22)26-16-17-8-4-2-5-9-17/h2-15H,16H2,1H3. The summed E-state index contributed by atoms with van der Waals surface area (Å²) >= 11 is 0. The van der Waals surface area contributed by atoms with Gasteiger partial charge in [0.2, 0.25) is 0 Å². The van der Waals surface area contributed by atoms with E-state index in [1.165, 1.54) is 6.08 Å². The molecule has 0 saturated heterocycles. The molecule has 0 bridgehead atoms. The highest BCUT2D eigenvalue weighted by Gasteiger charge is 2.07. The third-order valence-electron chi connectivity index (χ3n) is 3.77. The van der Waals surface area contributed by atoms with Crippen LogP contribution in [-0.4, -0.2) is 17.9 Å². The van der Waals surface area contributed by atoms with E-state index in [2.05, 4.69) is 4.98 Å². The summed E-state index contributed by atoms with van der Waals surface area (Å²) < 4.78 is 11.2. The Morgan fingerprint density at radius 2 is 1.69 bits per heavy atom. The molecule has 2 aromatic carbocycles. The van der Waals surface area contributed by atoms with E-state index in [0.717, 1.165) is 5.56 Å². The smallest absolute Gasteiger partial charge is 0.185 e. The number of ketones is 1. The van der Waals surface area contributed by atoms with Gasteiger partial charge in [0.1, 0.15) is 6.61 Å². The number of aromatic nitrogens is 1. The Labute approximate surface area is 152 Å². The number of ether oxygens (including phenoxy) is 2. The van der Waals surface area contributed by atoms with Crippen molar-refractivity contribution >= 4 is 11.9 Å². The van der Waals surface area contributed by atoms with E-state index in [0.29, 0.717) is 29.4 Å². The minimum Gasteiger partial charge on any atom is -0.491 e. The lowest BCUT2D eigenvalue weighted by molar-refractivity contribution is 0.104. The van der Waals surface area contributed by atoms with Crippen molar-refractivity contribution in [2.24, 2.45) is 0 Å². The lowest BCUT2D eigenvalue weighted by Gasteiger charge is -2.11. The lowest BCUT2D eigenvalue weighted by Crippen LogP contribution is -1.99. The van der Waals surface area contributed by atoms with Crippen LogP contribution in [0.2, 0.25) is 0 Å². The highest BCUT2D eigenvalue weighted by Crippen LogP contribution is 2.27. The number of hydrogen-bond donors (Lipinski definition) is 0. The summed E-state index contributed by atoms with van der Waals surface area (Å²) in [6.45, 7) is 0.424. The first-order chi connectivity index (χ1) is 12.8. The largest absolute Gasteiger partial charge is 0.491 e. The van der Waals surface area contributed by atoms with Crippen molar-refractivity contribution in [3.8, 4) is 11.5 Å². The summed E-state index contributed by atoms with van der Waals surface area (Å²) in [5.74, 6) is 1.06. The van der Waals surface area contributed by atoms with Gasteiger partial charge in [-0.1, -0.05) is 60.7 Å². The Bertz CT molecular complexity index is 890.